The first-order valence-electron chi connectivity index (χ1n) is 5.77. The van der Waals surface area contributed by atoms with Crippen LogP contribution in [-0.2, 0) is 0 Å². The summed E-state index contributed by atoms with van der Waals surface area (Å²) < 4.78 is 10.7. The summed E-state index contributed by atoms with van der Waals surface area (Å²) in [6, 6.07) is 11.3. The van der Waals surface area contributed by atoms with Crippen LogP contribution in [0.4, 0.5) is 11.6 Å². The maximum Gasteiger partial charge on any atom is 0.199 e. The molecule has 1 heterocycles. The van der Waals surface area contributed by atoms with E-state index in [1.807, 2.05) is 42.3 Å². The Morgan fingerprint density at radius 3 is 2.33 bits per heavy atom. The van der Waals surface area contributed by atoms with Crippen molar-refractivity contribution in [1.29, 1.82) is 0 Å². The lowest BCUT2D eigenvalue weighted by atomic mass is 10.3. The molecular weight excluding hydrogens is 230 g/mol. The monoisotopic (exact) mass is 247 g/mol. The minimum absolute atomic E-state index is 0.561. The van der Waals surface area contributed by atoms with Crippen LogP contribution in [0, 0.1) is 0 Å². The Morgan fingerprint density at radius 2 is 1.83 bits per heavy atom. The van der Waals surface area contributed by atoms with E-state index >= 15 is 0 Å². The molecule has 96 valence electrons. The highest BCUT2D eigenvalue weighted by Gasteiger charge is 2.11. The lowest BCUT2D eigenvalue weighted by Gasteiger charge is -2.16. The van der Waals surface area contributed by atoms with Gasteiger partial charge in [-0.15, -0.1) is 0 Å². The molecule has 0 saturated carbocycles. The first kappa shape index (κ1) is 12.5. The number of ether oxygens (including phenoxy) is 1. The highest BCUT2D eigenvalue weighted by atomic mass is 16.5. The lowest BCUT2D eigenvalue weighted by Crippen LogP contribution is -2.08. The summed E-state index contributed by atoms with van der Waals surface area (Å²) in [4.78, 5) is 1.91. The van der Waals surface area contributed by atoms with Crippen LogP contribution in [0.3, 0.4) is 0 Å². The van der Waals surface area contributed by atoms with Crippen molar-refractivity contribution in [3.63, 3.8) is 0 Å². The van der Waals surface area contributed by atoms with Crippen molar-refractivity contribution in [3.05, 3.63) is 42.2 Å². The van der Waals surface area contributed by atoms with E-state index in [1.165, 1.54) is 0 Å². The summed E-state index contributed by atoms with van der Waals surface area (Å²) in [6.45, 7) is 1.68. The number of anilines is 2. The zero-order valence-corrected chi connectivity index (χ0v) is 10.8. The average Bonchev–Trinajstić information content (AvgIpc) is 2.88. The maximum atomic E-state index is 9.43. The van der Waals surface area contributed by atoms with Crippen LogP contribution in [-0.4, -0.2) is 19.3 Å². The van der Waals surface area contributed by atoms with Crippen LogP contribution in [0.5, 0.6) is 5.75 Å². The molecule has 0 aliphatic heterocycles. The Kier molecular flexibility index (Phi) is 3.58. The van der Waals surface area contributed by atoms with E-state index in [0.717, 1.165) is 11.4 Å². The van der Waals surface area contributed by atoms with Gasteiger partial charge >= 0.3 is 0 Å². The third-order valence-corrected chi connectivity index (χ3v) is 2.81. The van der Waals surface area contributed by atoms with Crippen molar-refractivity contribution >= 4 is 11.6 Å². The predicted molar refractivity (Wildman–Crippen MR) is 70.4 cm³/mol. The van der Waals surface area contributed by atoms with E-state index in [1.54, 1.807) is 20.1 Å². The second-order valence-electron chi connectivity index (χ2n) is 4.11. The smallest absolute Gasteiger partial charge is 0.199 e. The van der Waals surface area contributed by atoms with Crippen LogP contribution in [0.25, 0.3) is 0 Å². The minimum Gasteiger partial charge on any atom is -0.497 e. The average molecular weight is 247 g/mol. The largest absolute Gasteiger partial charge is 0.497 e. The quantitative estimate of drug-likeness (QED) is 0.901. The van der Waals surface area contributed by atoms with Crippen molar-refractivity contribution in [2.75, 3.05) is 19.1 Å². The molecule has 0 aliphatic carbocycles. The normalized spacial score (nSPS) is 12.2. The fraction of sp³-hybridized carbons (Fsp3) is 0.286. The Hall–Kier alpha value is -1.94. The van der Waals surface area contributed by atoms with E-state index in [0.29, 0.717) is 11.6 Å². The molecule has 0 radical (unpaired) electrons. The van der Waals surface area contributed by atoms with Gasteiger partial charge in [-0.3, -0.25) is 0 Å². The van der Waals surface area contributed by atoms with Gasteiger partial charge in [0.05, 0.1) is 7.11 Å². The summed E-state index contributed by atoms with van der Waals surface area (Å²) in [5, 5.41) is 9.43. The highest BCUT2D eigenvalue weighted by molar-refractivity contribution is 5.59. The molecule has 1 N–H and O–H groups in total. The van der Waals surface area contributed by atoms with E-state index in [4.69, 9.17) is 9.15 Å². The zero-order valence-electron chi connectivity index (χ0n) is 10.8. The van der Waals surface area contributed by atoms with Crippen LogP contribution in [0.15, 0.2) is 40.8 Å². The molecular formula is C14H17NO3. The van der Waals surface area contributed by atoms with Gasteiger partial charge in [0.25, 0.3) is 0 Å². The van der Waals surface area contributed by atoms with Crippen LogP contribution < -0.4 is 9.64 Å². The molecule has 1 atom stereocenters. The van der Waals surface area contributed by atoms with E-state index in [9.17, 15) is 5.11 Å². The second-order valence-corrected chi connectivity index (χ2v) is 4.11. The van der Waals surface area contributed by atoms with Gasteiger partial charge in [0.2, 0.25) is 0 Å². The van der Waals surface area contributed by atoms with Gasteiger partial charge in [-0.2, -0.15) is 0 Å². The summed E-state index contributed by atoms with van der Waals surface area (Å²) in [5.41, 5.74) is 0.988. The Morgan fingerprint density at radius 1 is 1.17 bits per heavy atom. The van der Waals surface area contributed by atoms with Crippen LogP contribution in [0.2, 0.25) is 0 Å². The fourth-order valence-corrected chi connectivity index (χ4v) is 1.68. The van der Waals surface area contributed by atoms with Gasteiger partial charge < -0.3 is 19.2 Å². The number of hydrogen-bond donors (Lipinski definition) is 1. The van der Waals surface area contributed by atoms with Gasteiger partial charge in [-0.25, -0.2) is 0 Å². The van der Waals surface area contributed by atoms with Crippen molar-refractivity contribution in [1.82, 2.24) is 0 Å². The first-order valence-corrected chi connectivity index (χ1v) is 5.77. The van der Waals surface area contributed by atoms with Gasteiger partial charge in [-0.1, -0.05) is 0 Å². The lowest BCUT2D eigenvalue weighted by molar-refractivity contribution is 0.170. The minimum atomic E-state index is -0.594. The Bertz CT molecular complexity index is 502. The molecule has 0 fully saturated rings. The van der Waals surface area contributed by atoms with Gasteiger partial charge in [0, 0.05) is 18.8 Å². The third kappa shape index (κ3) is 2.49. The maximum absolute atomic E-state index is 9.43. The van der Waals surface area contributed by atoms with Crippen molar-refractivity contribution < 1.29 is 14.3 Å². The number of hydrogen-bond acceptors (Lipinski definition) is 4. The standard InChI is InChI=1S/C14H17NO3/c1-10(16)13-8-9-14(18-13)15(2)11-4-6-12(17-3)7-5-11/h4-10,16H,1-3H3. The van der Waals surface area contributed by atoms with E-state index in [-0.39, 0.29) is 0 Å². The SMILES string of the molecule is COc1ccc(N(C)c2ccc(C(C)O)o2)cc1. The van der Waals surface area contributed by atoms with Crippen molar-refractivity contribution in [2.45, 2.75) is 13.0 Å². The van der Waals surface area contributed by atoms with Crippen molar-refractivity contribution in [3.8, 4) is 5.75 Å². The van der Waals surface area contributed by atoms with Crippen LogP contribution in [0.1, 0.15) is 18.8 Å². The number of methoxy groups -OCH3 is 1. The molecule has 1 aromatic heterocycles. The molecule has 4 nitrogen and oxygen atoms in total. The third-order valence-electron chi connectivity index (χ3n) is 2.81. The summed E-state index contributed by atoms with van der Waals surface area (Å²) in [7, 11) is 3.55. The van der Waals surface area contributed by atoms with E-state index in [2.05, 4.69) is 0 Å². The Balaban J connectivity index is 2.20. The molecule has 2 aromatic rings. The summed E-state index contributed by atoms with van der Waals surface area (Å²) in [6.07, 6.45) is -0.594. The molecule has 1 aromatic carbocycles. The highest BCUT2D eigenvalue weighted by Crippen LogP contribution is 2.28. The zero-order chi connectivity index (χ0) is 13.1. The number of benzene rings is 1. The molecule has 2 rings (SSSR count). The summed E-state index contributed by atoms with van der Waals surface area (Å²) >= 11 is 0. The predicted octanol–water partition coefficient (Wildman–Crippen LogP) is 3.11. The van der Waals surface area contributed by atoms with Crippen LogP contribution >= 0.6 is 0 Å². The molecule has 4 heteroatoms. The number of furan rings is 1. The molecule has 0 amide bonds. The molecule has 0 spiro atoms. The van der Waals surface area contributed by atoms with Gasteiger partial charge in [0.15, 0.2) is 5.88 Å². The fourth-order valence-electron chi connectivity index (χ4n) is 1.68. The number of rotatable bonds is 4. The van der Waals surface area contributed by atoms with Gasteiger partial charge in [0.1, 0.15) is 17.6 Å². The molecule has 1 unspecified atom stereocenters. The van der Waals surface area contributed by atoms with Crippen molar-refractivity contribution in [2.24, 2.45) is 0 Å². The second kappa shape index (κ2) is 5.14. The topological polar surface area (TPSA) is 45.8 Å². The number of aliphatic hydroxyl groups excluding tert-OH is 1. The van der Waals surface area contributed by atoms with Gasteiger partial charge in [-0.05, 0) is 37.3 Å². The number of aliphatic hydroxyl groups is 1. The molecule has 18 heavy (non-hydrogen) atoms. The van der Waals surface area contributed by atoms with E-state index < -0.39 is 6.10 Å². The summed E-state index contributed by atoms with van der Waals surface area (Å²) in [5.74, 6) is 2.07. The Labute approximate surface area is 106 Å². The molecule has 0 saturated heterocycles. The number of nitrogens with zero attached hydrogens (tertiary/aromatic N) is 1. The molecule has 0 aliphatic rings. The molecule has 0 bridgehead atoms. The first-order chi connectivity index (χ1) is 8.61.